The molecular weight excluding hydrogens is 517 g/mol. The van der Waals surface area contributed by atoms with E-state index in [4.69, 9.17) is 14.5 Å². The van der Waals surface area contributed by atoms with Gasteiger partial charge in [-0.1, -0.05) is 26.8 Å². The molecule has 1 fully saturated rings. The number of fused-ring (bicyclic) bond motifs is 1. The lowest BCUT2D eigenvalue weighted by Gasteiger charge is -2.39. The molecule has 1 N–H and O–H groups in total. The largest absolute Gasteiger partial charge is 0.486 e. The van der Waals surface area contributed by atoms with Crippen LogP contribution in [0, 0.1) is 5.92 Å². The fraction of sp³-hybridized carbons (Fsp3) is 0.583. The molecule has 2 aromatic rings. The summed E-state index contributed by atoms with van der Waals surface area (Å²) in [6.45, 7) is 13.6. The molecule has 3 heterocycles. The van der Waals surface area contributed by atoms with Crippen LogP contribution < -0.4 is 14.8 Å². The van der Waals surface area contributed by atoms with Gasteiger partial charge in [0.25, 0.3) is 0 Å². The second-order valence-electron chi connectivity index (χ2n) is 9.20. The molecular formula is C24H36IN5O2. The summed E-state index contributed by atoms with van der Waals surface area (Å²) in [6, 6.07) is 6.66. The summed E-state index contributed by atoms with van der Waals surface area (Å²) in [5.74, 6) is 3.27. The maximum atomic E-state index is 5.79. The van der Waals surface area contributed by atoms with Gasteiger partial charge in [-0.25, -0.2) is 4.98 Å². The van der Waals surface area contributed by atoms with E-state index in [0.717, 1.165) is 43.5 Å². The Labute approximate surface area is 208 Å². The van der Waals surface area contributed by atoms with E-state index in [1.807, 2.05) is 18.6 Å². The van der Waals surface area contributed by atoms with Gasteiger partial charge in [0.1, 0.15) is 13.2 Å². The lowest BCUT2D eigenvalue weighted by molar-refractivity contribution is 0.171. The highest BCUT2D eigenvalue weighted by atomic mass is 127. The van der Waals surface area contributed by atoms with Gasteiger partial charge in [-0.05, 0) is 37.0 Å². The highest BCUT2D eigenvalue weighted by molar-refractivity contribution is 14.0. The number of imidazole rings is 1. The molecule has 1 aromatic heterocycles. The Bertz CT molecular complexity index is 900. The summed E-state index contributed by atoms with van der Waals surface area (Å²) in [4.78, 5) is 11.7. The maximum Gasteiger partial charge on any atom is 0.194 e. The van der Waals surface area contributed by atoms with E-state index in [-0.39, 0.29) is 29.4 Å². The Morgan fingerprint density at radius 3 is 2.75 bits per heavy atom. The first-order valence-electron chi connectivity index (χ1n) is 11.4. The Morgan fingerprint density at radius 1 is 1.25 bits per heavy atom. The number of ether oxygens (including phenoxy) is 2. The highest BCUT2D eigenvalue weighted by Gasteiger charge is 2.30. The molecule has 0 amide bonds. The normalized spacial score (nSPS) is 21.1. The average Bonchev–Trinajstić information content (AvgIpc) is 3.31. The first-order chi connectivity index (χ1) is 15.0. The van der Waals surface area contributed by atoms with E-state index >= 15 is 0 Å². The van der Waals surface area contributed by atoms with Crippen LogP contribution in [-0.4, -0.2) is 59.8 Å². The van der Waals surface area contributed by atoms with Crippen molar-refractivity contribution in [3.05, 3.63) is 42.5 Å². The van der Waals surface area contributed by atoms with Crippen molar-refractivity contribution in [2.24, 2.45) is 10.9 Å². The topological polar surface area (TPSA) is 63.9 Å². The van der Waals surface area contributed by atoms with Gasteiger partial charge in [0, 0.05) is 37.4 Å². The van der Waals surface area contributed by atoms with Crippen LogP contribution in [0.3, 0.4) is 0 Å². The van der Waals surface area contributed by atoms with Gasteiger partial charge in [-0.2, -0.15) is 0 Å². The van der Waals surface area contributed by atoms with Crippen molar-refractivity contribution in [2.45, 2.75) is 45.6 Å². The third kappa shape index (κ3) is 5.50. The molecule has 7 nitrogen and oxygen atoms in total. The van der Waals surface area contributed by atoms with Crippen LogP contribution in [-0.2, 0) is 5.41 Å². The molecule has 0 spiro atoms. The number of aliphatic imine (C=N–C) groups is 1. The zero-order valence-corrected chi connectivity index (χ0v) is 21.9. The van der Waals surface area contributed by atoms with Gasteiger partial charge in [0.15, 0.2) is 17.5 Å². The third-order valence-electron chi connectivity index (χ3n) is 6.41. The quantitative estimate of drug-likeness (QED) is 0.343. The number of halogens is 1. The molecule has 2 aliphatic heterocycles. The van der Waals surface area contributed by atoms with Gasteiger partial charge in [-0.15, -0.1) is 24.0 Å². The van der Waals surface area contributed by atoms with Crippen LogP contribution in [0.25, 0.3) is 0 Å². The van der Waals surface area contributed by atoms with Gasteiger partial charge >= 0.3 is 0 Å². The SMILES string of the molecule is CCNC(=NCC(C)(C)c1ccc2c(c1)OCCO2)N1CCC(C)C(n2ccnc2)C1.I. The van der Waals surface area contributed by atoms with E-state index in [0.29, 0.717) is 31.7 Å². The number of hydrogen-bond acceptors (Lipinski definition) is 4. The average molecular weight is 553 g/mol. The lowest BCUT2D eigenvalue weighted by Crippen LogP contribution is -2.49. The summed E-state index contributed by atoms with van der Waals surface area (Å²) in [5.41, 5.74) is 1.09. The first-order valence-corrected chi connectivity index (χ1v) is 11.4. The van der Waals surface area contributed by atoms with Crippen molar-refractivity contribution >= 4 is 29.9 Å². The van der Waals surface area contributed by atoms with Crippen LogP contribution in [0.2, 0.25) is 0 Å². The van der Waals surface area contributed by atoms with Crippen molar-refractivity contribution in [2.75, 3.05) is 39.4 Å². The number of aromatic nitrogens is 2. The van der Waals surface area contributed by atoms with Crippen molar-refractivity contribution in [1.29, 1.82) is 0 Å². The Hall–Kier alpha value is -1.97. The molecule has 4 rings (SSSR count). The van der Waals surface area contributed by atoms with E-state index in [1.54, 1.807) is 0 Å². The fourth-order valence-corrected chi connectivity index (χ4v) is 4.35. The number of guanidine groups is 1. The number of piperidine rings is 1. The Balaban J connectivity index is 0.00000289. The minimum absolute atomic E-state index is 0. The summed E-state index contributed by atoms with van der Waals surface area (Å²) in [5, 5.41) is 3.51. The molecule has 0 aliphatic carbocycles. The monoisotopic (exact) mass is 553 g/mol. The maximum absolute atomic E-state index is 5.79. The van der Waals surface area contributed by atoms with Gasteiger partial charge in [-0.3, -0.25) is 4.99 Å². The van der Waals surface area contributed by atoms with E-state index in [1.165, 1.54) is 5.56 Å². The standard InChI is InChI=1S/C24H35N5O2.HI/c1-5-26-23(28-10-8-18(2)20(15-28)29-11-9-25-17-29)27-16-24(3,4)19-6-7-21-22(14-19)31-13-12-30-21;/h6-7,9,11,14,17-18,20H,5,8,10,12-13,15-16H2,1-4H3,(H,26,27);1H. The predicted molar refractivity (Wildman–Crippen MR) is 138 cm³/mol. The van der Waals surface area contributed by atoms with Crippen molar-refractivity contribution < 1.29 is 9.47 Å². The van der Waals surface area contributed by atoms with Gasteiger partial charge in [0.05, 0.1) is 18.9 Å². The van der Waals surface area contributed by atoms with Crippen LogP contribution in [0.15, 0.2) is 41.9 Å². The second kappa shape index (κ2) is 10.8. The zero-order valence-electron chi connectivity index (χ0n) is 19.6. The Morgan fingerprint density at radius 2 is 2.03 bits per heavy atom. The van der Waals surface area contributed by atoms with E-state index in [2.05, 4.69) is 65.8 Å². The number of likely N-dealkylation sites (tertiary alicyclic amines) is 1. The molecule has 176 valence electrons. The third-order valence-corrected chi connectivity index (χ3v) is 6.41. The summed E-state index contributed by atoms with van der Waals surface area (Å²) in [7, 11) is 0. The van der Waals surface area contributed by atoms with Crippen molar-refractivity contribution in [1.82, 2.24) is 19.8 Å². The van der Waals surface area contributed by atoms with E-state index in [9.17, 15) is 0 Å². The number of benzene rings is 1. The molecule has 1 saturated heterocycles. The molecule has 0 saturated carbocycles. The van der Waals surface area contributed by atoms with Crippen LogP contribution in [0.1, 0.15) is 45.7 Å². The molecule has 8 heteroatoms. The molecule has 1 aromatic carbocycles. The summed E-state index contributed by atoms with van der Waals surface area (Å²) >= 11 is 0. The van der Waals surface area contributed by atoms with Gasteiger partial charge in [0.2, 0.25) is 0 Å². The smallest absolute Gasteiger partial charge is 0.194 e. The second-order valence-corrected chi connectivity index (χ2v) is 9.20. The van der Waals surface area contributed by atoms with Crippen LogP contribution in [0.4, 0.5) is 0 Å². The van der Waals surface area contributed by atoms with E-state index < -0.39 is 0 Å². The number of rotatable bonds is 5. The molecule has 2 aliphatic rings. The highest BCUT2D eigenvalue weighted by Crippen LogP contribution is 2.35. The number of hydrogen-bond donors (Lipinski definition) is 1. The molecule has 2 atom stereocenters. The number of nitrogens with zero attached hydrogens (tertiary/aromatic N) is 4. The van der Waals surface area contributed by atoms with Crippen LogP contribution >= 0.6 is 24.0 Å². The van der Waals surface area contributed by atoms with Crippen molar-refractivity contribution in [3.63, 3.8) is 0 Å². The minimum Gasteiger partial charge on any atom is -0.486 e. The summed E-state index contributed by atoms with van der Waals surface area (Å²) < 4.78 is 13.7. The zero-order chi connectivity index (χ0) is 21.8. The van der Waals surface area contributed by atoms with Crippen LogP contribution in [0.5, 0.6) is 11.5 Å². The van der Waals surface area contributed by atoms with Gasteiger partial charge < -0.3 is 24.3 Å². The molecule has 2 unspecified atom stereocenters. The predicted octanol–water partition coefficient (Wildman–Crippen LogP) is 4.10. The summed E-state index contributed by atoms with van der Waals surface area (Å²) in [6.07, 6.45) is 7.00. The molecule has 0 bridgehead atoms. The number of nitrogens with one attached hydrogen (secondary N) is 1. The first kappa shape index (κ1) is 24.7. The molecule has 0 radical (unpaired) electrons. The fourth-order valence-electron chi connectivity index (χ4n) is 4.35. The van der Waals surface area contributed by atoms with Crippen molar-refractivity contribution in [3.8, 4) is 11.5 Å². The Kier molecular flexibility index (Phi) is 8.30. The lowest BCUT2D eigenvalue weighted by atomic mass is 9.84. The molecule has 32 heavy (non-hydrogen) atoms. The minimum atomic E-state index is -0.122.